The molecule has 0 atom stereocenters. The largest absolute Gasteiger partial charge is 0.396 e. The van der Waals surface area contributed by atoms with Crippen molar-refractivity contribution in [1.82, 2.24) is 4.57 Å². The van der Waals surface area contributed by atoms with Gasteiger partial charge in [-0.3, -0.25) is 4.79 Å². The van der Waals surface area contributed by atoms with Gasteiger partial charge in [0, 0.05) is 48.9 Å². The van der Waals surface area contributed by atoms with Crippen molar-refractivity contribution in [2.45, 2.75) is 58.9 Å². The zero-order valence-corrected chi connectivity index (χ0v) is 17.2. The number of hydrogen-bond donors (Lipinski definition) is 2. The number of nitrogens with two attached hydrogens (primary N) is 1. The Kier molecular flexibility index (Phi) is 6.79. The molecule has 5 nitrogen and oxygen atoms in total. The van der Waals surface area contributed by atoms with E-state index in [4.69, 9.17) is 5.73 Å². The lowest BCUT2D eigenvalue weighted by Gasteiger charge is -2.18. The van der Waals surface area contributed by atoms with Gasteiger partial charge in [-0.25, -0.2) is 0 Å². The van der Waals surface area contributed by atoms with Crippen molar-refractivity contribution in [2.24, 2.45) is 5.73 Å². The Morgan fingerprint density at radius 2 is 1.82 bits per heavy atom. The molecule has 2 aromatic rings. The summed E-state index contributed by atoms with van der Waals surface area (Å²) in [5.41, 5.74) is 11.8. The minimum absolute atomic E-state index is 0.136. The maximum atomic E-state index is 12.4. The zero-order chi connectivity index (χ0) is 20.1. The fraction of sp³-hybridized carbons (Fsp3) is 0.522. The second kappa shape index (κ2) is 9.28. The van der Waals surface area contributed by atoms with E-state index in [-0.39, 0.29) is 12.5 Å². The molecule has 3 N–H and O–H groups in total. The summed E-state index contributed by atoms with van der Waals surface area (Å²) < 4.78 is 2.19. The van der Waals surface area contributed by atoms with Gasteiger partial charge in [0.05, 0.1) is 5.56 Å². The van der Waals surface area contributed by atoms with E-state index in [1.807, 2.05) is 6.92 Å². The Labute approximate surface area is 168 Å². The molecule has 1 fully saturated rings. The van der Waals surface area contributed by atoms with Crippen LogP contribution < -0.4 is 10.6 Å². The van der Waals surface area contributed by atoms with Crippen molar-refractivity contribution in [3.8, 4) is 11.1 Å². The summed E-state index contributed by atoms with van der Waals surface area (Å²) >= 11 is 0. The summed E-state index contributed by atoms with van der Waals surface area (Å²) in [6, 6.07) is 8.58. The van der Waals surface area contributed by atoms with Gasteiger partial charge in [-0.2, -0.15) is 0 Å². The molecular weight excluding hydrogens is 350 g/mol. The number of carbonyl (C=O) groups excluding carboxylic acids is 1. The van der Waals surface area contributed by atoms with Gasteiger partial charge >= 0.3 is 0 Å². The highest BCUT2D eigenvalue weighted by Crippen LogP contribution is 2.35. The molecule has 1 aliphatic rings. The SMILES string of the molecule is CCCCc1c(-c2ccc(N3CCCC3)cc2)c(C(N)=O)c(C)n1CCCO. The molecule has 1 aromatic heterocycles. The number of primary amides is 1. The van der Waals surface area contributed by atoms with Crippen LogP contribution in [-0.4, -0.2) is 35.3 Å². The van der Waals surface area contributed by atoms with Crippen LogP contribution in [0, 0.1) is 6.92 Å². The van der Waals surface area contributed by atoms with E-state index >= 15 is 0 Å². The summed E-state index contributed by atoms with van der Waals surface area (Å²) in [6.07, 6.45) is 6.21. The minimum atomic E-state index is -0.378. The molecule has 1 aromatic carbocycles. The summed E-state index contributed by atoms with van der Waals surface area (Å²) in [7, 11) is 0. The number of nitrogens with zero attached hydrogens (tertiary/aromatic N) is 2. The fourth-order valence-electron chi connectivity index (χ4n) is 4.36. The number of aliphatic hydroxyl groups excluding tert-OH is 1. The van der Waals surface area contributed by atoms with Crippen molar-refractivity contribution in [2.75, 3.05) is 24.6 Å². The van der Waals surface area contributed by atoms with Gasteiger partial charge in [0.15, 0.2) is 0 Å². The van der Waals surface area contributed by atoms with E-state index in [1.54, 1.807) is 0 Å². The van der Waals surface area contributed by atoms with Crippen molar-refractivity contribution in [3.05, 3.63) is 41.2 Å². The summed E-state index contributed by atoms with van der Waals surface area (Å²) in [5, 5.41) is 9.31. The standard InChI is InChI=1S/C23H33N3O2/c1-3-4-8-20-22(21(23(24)28)17(2)26(20)15-7-16-27)18-9-11-19(12-10-18)25-13-5-6-14-25/h9-12,27H,3-8,13-16H2,1-2H3,(H2,24,28). The van der Waals surface area contributed by atoms with Crippen LogP contribution in [-0.2, 0) is 13.0 Å². The lowest BCUT2D eigenvalue weighted by molar-refractivity contribution is 0.1000. The van der Waals surface area contributed by atoms with Crippen LogP contribution in [0.4, 0.5) is 5.69 Å². The van der Waals surface area contributed by atoms with Gasteiger partial charge in [-0.05, 0) is 56.7 Å². The van der Waals surface area contributed by atoms with E-state index in [9.17, 15) is 9.90 Å². The first-order chi connectivity index (χ1) is 13.6. The number of rotatable bonds is 9. The first-order valence-corrected chi connectivity index (χ1v) is 10.6. The fourth-order valence-corrected chi connectivity index (χ4v) is 4.36. The van der Waals surface area contributed by atoms with Gasteiger partial charge in [0.2, 0.25) is 0 Å². The number of hydrogen-bond acceptors (Lipinski definition) is 3. The monoisotopic (exact) mass is 383 g/mol. The Bertz CT molecular complexity index is 802. The molecule has 0 aliphatic carbocycles. The number of aromatic nitrogens is 1. The second-order valence-electron chi connectivity index (χ2n) is 7.72. The maximum Gasteiger partial charge on any atom is 0.251 e. The molecule has 152 valence electrons. The number of benzene rings is 1. The van der Waals surface area contributed by atoms with Crippen LogP contribution >= 0.6 is 0 Å². The molecule has 0 spiro atoms. The Morgan fingerprint density at radius 3 is 2.39 bits per heavy atom. The molecule has 1 aliphatic heterocycles. The molecule has 1 saturated heterocycles. The smallest absolute Gasteiger partial charge is 0.251 e. The molecular formula is C23H33N3O2. The summed E-state index contributed by atoms with van der Waals surface area (Å²) in [5.74, 6) is -0.378. The number of aliphatic hydroxyl groups is 1. The molecule has 0 bridgehead atoms. The van der Waals surface area contributed by atoms with Gasteiger partial charge in [-0.15, -0.1) is 0 Å². The zero-order valence-electron chi connectivity index (χ0n) is 17.2. The first-order valence-electron chi connectivity index (χ1n) is 10.6. The van der Waals surface area contributed by atoms with E-state index in [0.717, 1.165) is 54.9 Å². The van der Waals surface area contributed by atoms with Crippen LogP contribution in [0.25, 0.3) is 11.1 Å². The summed E-state index contributed by atoms with van der Waals surface area (Å²) in [4.78, 5) is 14.8. The maximum absolute atomic E-state index is 12.4. The molecule has 1 amide bonds. The third-order valence-electron chi connectivity index (χ3n) is 5.81. The number of anilines is 1. The normalized spacial score (nSPS) is 14.0. The number of carbonyl (C=O) groups is 1. The van der Waals surface area contributed by atoms with Crippen molar-refractivity contribution >= 4 is 11.6 Å². The van der Waals surface area contributed by atoms with Crippen molar-refractivity contribution < 1.29 is 9.90 Å². The predicted octanol–water partition coefficient (Wildman–Crippen LogP) is 3.89. The van der Waals surface area contributed by atoms with E-state index in [1.165, 1.54) is 18.5 Å². The lowest BCUT2D eigenvalue weighted by Crippen LogP contribution is -2.17. The Balaban J connectivity index is 2.07. The summed E-state index contributed by atoms with van der Waals surface area (Å²) in [6.45, 7) is 7.21. The number of amides is 1. The molecule has 5 heteroatoms. The molecule has 0 unspecified atom stereocenters. The van der Waals surface area contributed by atoms with E-state index in [2.05, 4.69) is 40.7 Å². The van der Waals surface area contributed by atoms with Crippen LogP contribution in [0.5, 0.6) is 0 Å². The van der Waals surface area contributed by atoms with Crippen LogP contribution in [0.3, 0.4) is 0 Å². The van der Waals surface area contributed by atoms with E-state index < -0.39 is 0 Å². The van der Waals surface area contributed by atoms with E-state index in [0.29, 0.717) is 18.5 Å². The molecule has 3 rings (SSSR count). The molecule has 0 radical (unpaired) electrons. The minimum Gasteiger partial charge on any atom is -0.396 e. The van der Waals surface area contributed by atoms with Gasteiger partial charge < -0.3 is 20.3 Å². The first kappa shape index (κ1) is 20.5. The van der Waals surface area contributed by atoms with Crippen LogP contribution in [0.15, 0.2) is 24.3 Å². The average Bonchev–Trinajstić information content (AvgIpc) is 3.31. The highest BCUT2D eigenvalue weighted by atomic mass is 16.3. The van der Waals surface area contributed by atoms with Crippen LogP contribution in [0.2, 0.25) is 0 Å². The molecule has 2 heterocycles. The van der Waals surface area contributed by atoms with Crippen molar-refractivity contribution in [1.29, 1.82) is 0 Å². The second-order valence-corrected chi connectivity index (χ2v) is 7.72. The molecule has 28 heavy (non-hydrogen) atoms. The van der Waals surface area contributed by atoms with Crippen molar-refractivity contribution in [3.63, 3.8) is 0 Å². The van der Waals surface area contributed by atoms with Gasteiger partial charge in [0.1, 0.15) is 0 Å². The van der Waals surface area contributed by atoms with Gasteiger partial charge in [-0.1, -0.05) is 25.5 Å². The molecule has 0 saturated carbocycles. The highest BCUT2D eigenvalue weighted by molar-refractivity contribution is 6.02. The average molecular weight is 384 g/mol. The topological polar surface area (TPSA) is 71.5 Å². The third-order valence-corrected chi connectivity index (χ3v) is 5.81. The van der Waals surface area contributed by atoms with Crippen LogP contribution in [0.1, 0.15) is 60.8 Å². The van der Waals surface area contributed by atoms with Gasteiger partial charge in [0.25, 0.3) is 5.91 Å². The third kappa shape index (κ3) is 4.09. The Morgan fingerprint density at radius 1 is 1.14 bits per heavy atom. The predicted molar refractivity (Wildman–Crippen MR) is 115 cm³/mol. The lowest BCUT2D eigenvalue weighted by atomic mass is 9.97. The Hall–Kier alpha value is -2.27. The highest BCUT2D eigenvalue weighted by Gasteiger charge is 2.24. The number of unbranched alkanes of at least 4 members (excludes halogenated alkanes) is 1. The quantitative estimate of drug-likeness (QED) is 0.690.